The molecule has 2 heteroatoms. The van der Waals surface area contributed by atoms with E-state index < -0.39 is 5.60 Å². The van der Waals surface area contributed by atoms with Gasteiger partial charge in [0.2, 0.25) is 0 Å². The molecule has 3 aliphatic rings. The molecule has 0 spiro atoms. The van der Waals surface area contributed by atoms with Gasteiger partial charge in [-0.05, 0) is 54.8 Å². The van der Waals surface area contributed by atoms with Gasteiger partial charge in [-0.3, -0.25) is 0 Å². The van der Waals surface area contributed by atoms with Crippen LogP contribution in [0.3, 0.4) is 0 Å². The molecule has 0 aromatic heterocycles. The van der Waals surface area contributed by atoms with E-state index in [4.69, 9.17) is 4.74 Å². The Morgan fingerprint density at radius 2 is 1.48 bits per heavy atom. The van der Waals surface area contributed by atoms with Crippen molar-refractivity contribution in [2.24, 2.45) is 34.0 Å². The normalized spacial score (nSPS) is 43.4. The molecule has 3 fully saturated rings. The zero-order valence-corrected chi connectivity index (χ0v) is 16.6. The minimum atomic E-state index is -0.535. The molecule has 5 unspecified atom stereocenters. The molecular formula is C21H38O2. The summed E-state index contributed by atoms with van der Waals surface area (Å²) >= 11 is 0. The zero-order chi connectivity index (χ0) is 17.5. The number of hydrogen-bond acceptors (Lipinski definition) is 2. The van der Waals surface area contributed by atoms with Crippen LogP contribution in [0.25, 0.3) is 0 Å². The standard InChI is InChI=1S/C21H38O2/c1-17(2,3)20(8,18(4,5)6)13-23-21-11-15-9-14(16(15)21)10-19(7,22)12-21/h14-16,22H,9-13H2,1-8H3. The predicted octanol–water partition coefficient (Wildman–Crippen LogP) is 5.04. The fourth-order valence-corrected chi connectivity index (χ4v) is 6.09. The van der Waals surface area contributed by atoms with Gasteiger partial charge in [-0.2, -0.15) is 0 Å². The van der Waals surface area contributed by atoms with Gasteiger partial charge in [0.25, 0.3) is 0 Å². The Kier molecular flexibility index (Phi) is 3.67. The summed E-state index contributed by atoms with van der Waals surface area (Å²) in [6, 6.07) is 0. The third-order valence-electron chi connectivity index (χ3n) is 8.18. The molecule has 3 saturated carbocycles. The highest BCUT2D eigenvalue weighted by molar-refractivity contribution is 5.19. The van der Waals surface area contributed by atoms with Crippen molar-refractivity contribution in [1.82, 2.24) is 0 Å². The first-order chi connectivity index (χ1) is 10.2. The van der Waals surface area contributed by atoms with Crippen molar-refractivity contribution in [3.05, 3.63) is 0 Å². The fourth-order valence-electron chi connectivity index (χ4n) is 6.09. The van der Waals surface area contributed by atoms with Crippen LogP contribution in [0.15, 0.2) is 0 Å². The maximum absolute atomic E-state index is 10.7. The SMILES string of the molecule is CC1(O)CC2CC3CC(OCC(C)(C(C)(C)C)C(C)(C)C)(C1)C23. The van der Waals surface area contributed by atoms with Gasteiger partial charge in [0.05, 0.1) is 17.8 Å². The Bertz CT molecular complexity index is 465. The molecular weight excluding hydrogens is 284 g/mol. The van der Waals surface area contributed by atoms with Gasteiger partial charge >= 0.3 is 0 Å². The second kappa shape index (κ2) is 4.75. The fraction of sp³-hybridized carbons (Fsp3) is 1.00. The lowest BCUT2D eigenvalue weighted by Crippen LogP contribution is -2.71. The average Bonchev–Trinajstić information content (AvgIpc) is 2.27. The summed E-state index contributed by atoms with van der Waals surface area (Å²) in [5.74, 6) is 2.31. The number of aliphatic hydroxyl groups is 1. The average molecular weight is 323 g/mol. The molecule has 2 nitrogen and oxygen atoms in total. The minimum absolute atomic E-state index is 0.0346. The van der Waals surface area contributed by atoms with Crippen LogP contribution in [0.5, 0.6) is 0 Å². The van der Waals surface area contributed by atoms with E-state index in [0.717, 1.165) is 31.3 Å². The third kappa shape index (κ3) is 2.51. The van der Waals surface area contributed by atoms with Gasteiger partial charge in [-0.1, -0.05) is 48.5 Å². The topological polar surface area (TPSA) is 29.5 Å². The van der Waals surface area contributed by atoms with Crippen LogP contribution >= 0.6 is 0 Å². The first kappa shape index (κ1) is 17.7. The second-order valence-electron chi connectivity index (χ2n) is 11.5. The minimum Gasteiger partial charge on any atom is -0.390 e. The molecule has 23 heavy (non-hydrogen) atoms. The maximum Gasteiger partial charge on any atom is 0.0746 e. The van der Waals surface area contributed by atoms with Crippen LogP contribution in [-0.2, 0) is 4.74 Å². The lowest BCUT2D eigenvalue weighted by molar-refractivity contribution is -0.312. The summed E-state index contributed by atoms with van der Waals surface area (Å²) in [6.07, 6.45) is 4.31. The summed E-state index contributed by atoms with van der Waals surface area (Å²) in [6.45, 7) is 19.2. The molecule has 0 amide bonds. The van der Waals surface area contributed by atoms with Gasteiger partial charge < -0.3 is 9.84 Å². The summed E-state index contributed by atoms with van der Waals surface area (Å²) in [5.41, 5.74) is -0.107. The van der Waals surface area contributed by atoms with Crippen molar-refractivity contribution in [3.8, 4) is 0 Å². The van der Waals surface area contributed by atoms with Crippen LogP contribution in [-0.4, -0.2) is 22.9 Å². The first-order valence-electron chi connectivity index (χ1n) is 9.57. The summed E-state index contributed by atoms with van der Waals surface area (Å²) in [7, 11) is 0. The van der Waals surface area contributed by atoms with Crippen molar-refractivity contribution in [2.45, 2.75) is 92.3 Å². The summed E-state index contributed by atoms with van der Waals surface area (Å²) in [4.78, 5) is 0. The Morgan fingerprint density at radius 3 is 1.96 bits per heavy atom. The molecule has 0 aliphatic heterocycles. The highest BCUT2D eigenvalue weighted by Gasteiger charge is 2.69. The van der Waals surface area contributed by atoms with Crippen molar-refractivity contribution in [2.75, 3.05) is 6.61 Å². The number of ether oxygens (including phenoxy) is 1. The molecule has 5 atom stereocenters. The quantitative estimate of drug-likeness (QED) is 0.788. The highest BCUT2D eigenvalue weighted by atomic mass is 16.5. The second-order valence-corrected chi connectivity index (χ2v) is 11.5. The molecule has 3 aliphatic carbocycles. The maximum atomic E-state index is 10.7. The van der Waals surface area contributed by atoms with Gasteiger partial charge in [0.15, 0.2) is 0 Å². The van der Waals surface area contributed by atoms with Crippen LogP contribution in [0.4, 0.5) is 0 Å². The Morgan fingerprint density at radius 1 is 0.957 bits per heavy atom. The number of rotatable bonds is 3. The highest BCUT2D eigenvalue weighted by Crippen LogP contribution is 2.69. The van der Waals surface area contributed by atoms with E-state index in [1.54, 1.807) is 0 Å². The van der Waals surface area contributed by atoms with Crippen LogP contribution in [0.1, 0.15) is 81.1 Å². The molecule has 1 N–H and O–H groups in total. The lowest BCUT2D eigenvalue weighted by Gasteiger charge is -2.71. The number of hydrogen-bond donors (Lipinski definition) is 1. The zero-order valence-electron chi connectivity index (χ0n) is 16.6. The Balaban J connectivity index is 1.79. The van der Waals surface area contributed by atoms with E-state index in [1.807, 2.05) is 6.92 Å². The molecule has 0 aromatic rings. The van der Waals surface area contributed by atoms with Crippen LogP contribution in [0.2, 0.25) is 0 Å². The smallest absolute Gasteiger partial charge is 0.0746 e. The van der Waals surface area contributed by atoms with E-state index in [1.165, 1.54) is 12.8 Å². The van der Waals surface area contributed by atoms with Gasteiger partial charge in [-0.25, -0.2) is 0 Å². The molecule has 0 radical (unpaired) electrons. The third-order valence-corrected chi connectivity index (χ3v) is 8.18. The Hall–Kier alpha value is -0.0800. The van der Waals surface area contributed by atoms with Gasteiger partial charge in [-0.15, -0.1) is 0 Å². The molecule has 0 heterocycles. The molecule has 134 valence electrons. The predicted molar refractivity (Wildman–Crippen MR) is 95.3 cm³/mol. The molecule has 0 aromatic carbocycles. The van der Waals surface area contributed by atoms with Gasteiger partial charge in [0.1, 0.15) is 0 Å². The van der Waals surface area contributed by atoms with E-state index >= 15 is 0 Å². The Labute approximate surface area is 143 Å². The molecule has 0 saturated heterocycles. The summed E-state index contributed by atoms with van der Waals surface area (Å²) < 4.78 is 6.76. The van der Waals surface area contributed by atoms with Crippen molar-refractivity contribution in [1.29, 1.82) is 0 Å². The van der Waals surface area contributed by atoms with E-state index in [0.29, 0.717) is 5.92 Å². The lowest BCUT2D eigenvalue weighted by atomic mass is 9.39. The first-order valence-corrected chi connectivity index (χ1v) is 9.57. The van der Waals surface area contributed by atoms with Crippen molar-refractivity contribution < 1.29 is 9.84 Å². The largest absolute Gasteiger partial charge is 0.390 e. The van der Waals surface area contributed by atoms with Gasteiger partial charge in [0, 0.05) is 11.8 Å². The summed E-state index contributed by atoms with van der Waals surface area (Å²) in [5, 5.41) is 10.7. The van der Waals surface area contributed by atoms with Crippen LogP contribution < -0.4 is 0 Å². The van der Waals surface area contributed by atoms with Crippen LogP contribution in [0, 0.1) is 34.0 Å². The molecule has 0 bridgehead atoms. The van der Waals surface area contributed by atoms with Crippen molar-refractivity contribution >= 4 is 0 Å². The molecule has 3 rings (SSSR count). The van der Waals surface area contributed by atoms with Crippen molar-refractivity contribution in [3.63, 3.8) is 0 Å². The van der Waals surface area contributed by atoms with E-state index in [2.05, 4.69) is 48.5 Å². The van der Waals surface area contributed by atoms with E-state index in [9.17, 15) is 5.11 Å². The monoisotopic (exact) mass is 322 g/mol. The van der Waals surface area contributed by atoms with E-state index in [-0.39, 0.29) is 21.8 Å².